The van der Waals surface area contributed by atoms with Crippen LogP contribution in [-0.2, 0) is 6.42 Å². The summed E-state index contributed by atoms with van der Waals surface area (Å²) in [5, 5.41) is 0. The number of aromatic amines is 1. The van der Waals surface area contributed by atoms with Crippen LogP contribution >= 0.6 is 0 Å². The number of nitrogens with one attached hydrogen (secondary N) is 1. The van der Waals surface area contributed by atoms with Crippen LogP contribution in [0.3, 0.4) is 0 Å². The molecule has 1 saturated heterocycles. The van der Waals surface area contributed by atoms with Crippen LogP contribution in [0.4, 0.5) is 14.7 Å². The minimum atomic E-state index is -0.761. The predicted molar refractivity (Wildman–Crippen MR) is 114 cm³/mol. The highest BCUT2D eigenvalue weighted by Crippen LogP contribution is 2.30. The van der Waals surface area contributed by atoms with Gasteiger partial charge in [0.05, 0.1) is 6.61 Å². The van der Waals surface area contributed by atoms with Gasteiger partial charge in [-0.2, -0.15) is 0 Å². The number of aryl methyl sites for hydroxylation is 1. The van der Waals surface area contributed by atoms with E-state index < -0.39 is 11.6 Å². The largest absolute Gasteiger partial charge is 0.487 e. The fourth-order valence-electron chi connectivity index (χ4n) is 3.65. The van der Waals surface area contributed by atoms with Gasteiger partial charge < -0.3 is 14.6 Å². The van der Waals surface area contributed by atoms with Crippen molar-refractivity contribution in [3.63, 3.8) is 0 Å². The van der Waals surface area contributed by atoms with E-state index in [1.165, 1.54) is 30.5 Å². The lowest BCUT2D eigenvalue weighted by atomic mass is 9.98. The molecule has 3 heterocycles. The summed E-state index contributed by atoms with van der Waals surface area (Å²) in [7, 11) is 0. The molecule has 1 aliphatic rings. The molecule has 0 bridgehead atoms. The first kappa shape index (κ1) is 21.0. The average Bonchev–Trinajstić information content (AvgIpc) is 2.79. The Bertz CT molecular complexity index is 1050. The number of hydrogen-bond acceptors (Lipinski definition) is 5. The van der Waals surface area contributed by atoms with Crippen molar-refractivity contribution in [1.29, 1.82) is 0 Å². The maximum absolute atomic E-state index is 14.5. The highest BCUT2D eigenvalue weighted by Gasteiger charge is 2.23. The first-order chi connectivity index (χ1) is 15.0. The van der Waals surface area contributed by atoms with E-state index in [9.17, 15) is 13.6 Å². The second kappa shape index (κ2) is 9.24. The van der Waals surface area contributed by atoms with Crippen molar-refractivity contribution in [1.82, 2.24) is 15.0 Å². The van der Waals surface area contributed by atoms with E-state index in [0.29, 0.717) is 17.1 Å². The molecule has 6 nitrogen and oxygen atoms in total. The van der Waals surface area contributed by atoms with Crippen molar-refractivity contribution in [2.24, 2.45) is 5.92 Å². The molecule has 0 atom stereocenters. The molecule has 162 valence electrons. The first-order valence-electron chi connectivity index (χ1n) is 10.4. The maximum Gasteiger partial charge on any atom is 0.247 e. The van der Waals surface area contributed by atoms with Crippen LogP contribution in [0.5, 0.6) is 5.75 Å². The van der Waals surface area contributed by atoms with Crippen LogP contribution in [-0.4, -0.2) is 34.6 Å². The Morgan fingerprint density at radius 3 is 2.35 bits per heavy atom. The molecule has 1 fully saturated rings. The zero-order chi connectivity index (χ0) is 21.8. The van der Waals surface area contributed by atoms with Crippen LogP contribution in [0, 0.1) is 17.6 Å². The van der Waals surface area contributed by atoms with Gasteiger partial charge in [0.1, 0.15) is 0 Å². The van der Waals surface area contributed by atoms with Gasteiger partial charge in [-0.15, -0.1) is 0 Å². The molecule has 8 heteroatoms. The van der Waals surface area contributed by atoms with Crippen molar-refractivity contribution in [2.45, 2.75) is 26.2 Å². The third-order valence-corrected chi connectivity index (χ3v) is 5.58. The summed E-state index contributed by atoms with van der Waals surface area (Å²) >= 11 is 0. The van der Waals surface area contributed by atoms with Crippen LogP contribution < -0.4 is 15.2 Å². The van der Waals surface area contributed by atoms with Gasteiger partial charge >= 0.3 is 0 Å². The number of benzene rings is 1. The van der Waals surface area contributed by atoms with Crippen LogP contribution in [0.25, 0.3) is 11.1 Å². The Labute approximate surface area is 178 Å². The SMILES string of the molecule is CCc1cnc(N2CCC(COc3c(F)cc(-c4ccc(=O)[nH]c4)cc3F)CC2)nc1. The fourth-order valence-corrected chi connectivity index (χ4v) is 3.65. The van der Waals surface area contributed by atoms with Crippen molar-refractivity contribution >= 4 is 5.95 Å². The molecule has 3 aromatic rings. The molecule has 2 aromatic heterocycles. The number of hydrogen-bond donors (Lipinski definition) is 1. The van der Waals surface area contributed by atoms with Crippen LogP contribution in [0.1, 0.15) is 25.3 Å². The standard InChI is InChI=1S/C23H24F2N4O2/c1-2-15-11-27-23(28-12-15)29-7-5-16(6-8-29)14-31-22-19(24)9-18(10-20(22)25)17-3-4-21(30)26-13-17/h3-4,9-13,16H,2,5-8,14H2,1H3,(H,26,30). The minimum absolute atomic E-state index is 0.198. The number of aromatic nitrogens is 3. The van der Waals surface area contributed by atoms with Gasteiger partial charge in [0, 0.05) is 37.7 Å². The fraction of sp³-hybridized carbons (Fsp3) is 0.348. The summed E-state index contributed by atoms with van der Waals surface area (Å²) in [5.41, 5.74) is 1.68. The number of anilines is 1. The van der Waals surface area contributed by atoms with E-state index >= 15 is 0 Å². The molecule has 0 spiro atoms. The Morgan fingerprint density at radius 2 is 1.77 bits per heavy atom. The molecule has 0 unspecified atom stereocenters. The number of rotatable bonds is 6. The number of H-pyrrole nitrogens is 1. The van der Waals surface area contributed by atoms with E-state index in [1.54, 1.807) is 0 Å². The van der Waals surface area contributed by atoms with E-state index in [-0.39, 0.29) is 23.8 Å². The summed E-state index contributed by atoms with van der Waals surface area (Å²) in [6.45, 7) is 3.85. The van der Waals surface area contributed by atoms with Gasteiger partial charge in [0.25, 0.3) is 0 Å². The normalized spacial score (nSPS) is 14.6. The maximum atomic E-state index is 14.5. The number of pyridine rings is 1. The summed E-state index contributed by atoms with van der Waals surface area (Å²) in [5.74, 6) is -0.976. The highest BCUT2D eigenvalue weighted by molar-refractivity contribution is 5.63. The zero-order valence-corrected chi connectivity index (χ0v) is 17.3. The molecule has 1 aliphatic heterocycles. The smallest absolute Gasteiger partial charge is 0.247 e. The second-order valence-corrected chi connectivity index (χ2v) is 7.70. The lowest BCUT2D eigenvalue weighted by Crippen LogP contribution is -2.36. The van der Waals surface area contributed by atoms with Gasteiger partial charge in [-0.05, 0) is 60.1 Å². The first-order valence-corrected chi connectivity index (χ1v) is 10.4. The van der Waals surface area contributed by atoms with Gasteiger partial charge in [-0.3, -0.25) is 4.79 Å². The van der Waals surface area contributed by atoms with E-state index in [2.05, 4.69) is 26.8 Å². The van der Waals surface area contributed by atoms with Crippen molar-refractivity contribution in [2.75, 3.05) is 24.6 Å². The molecule has 0 aliphatic carbocycles. The van der Waals surface area contributed by atoms with E-state index in [1.807, 2.05) is 12.4 Å². The molecule has 31 heavy (non-hydrogen) atoms. The van der Waals surface area contributed by atoms with Crippen LogP contribution in [0.2, 0.25) is 0 Å². The highest BCUT2D eigenvalue weighted by atomic mass is 19.1. The van der Waals surface area contributed by atoms with Gasteiger partial charge in [-0.25, -0.2) is 18.7 Å². The zero-order valence-electron chi connectivity index (χ0n) is 17.3. The summed E-state index contributed by atoms with van der Waals surface area (Å²) in [6.07, 6.45) is 7.68. The number of nitrogens with zero attached hydrogens (tertiary/aromatic N) is 3. The molecule has 0 amide bonds. The number of halogens is 2. The Hall–Kier alpha value is -3.29. The third kappa shape index (κ3) is 4.90. The Kier molecular flexibility index (Phi) is 6.25. The third-order valence-electron chi connectivity index (χ3n) is 5.58. The quantitative estimate of drug-likeness (QED) is 0.646. The Morgan fingerprint density at radius 1 is 1.10 bits per heavy atom. The van der Waals surface area contributed by atoms with Gasteiger partial charge in [-0.1, -0.05) is 6.92 Å². The molecule has 0 radical (unpaired) electrons. The predicted octanol–water partition coefficient (Wildman–Crippen LogP) is 3.97. The average molecular weight is 426 g/mol. The summed E-state index contributed by atoms with van der Waals surface area (Å²) in [6, 6.07) is 5.25. The van der Waals surface area contributed by atoms with Crippen molar-refractivity contribution < 1.29 is 13.5 Å². The monoisotopic (exact) mass is 426 g/mol. The molecule has 1 aromatic carbocycles. The van der Waals surface area contributed by atoms with Gasteiger partial charge in [0.2, 0.25) is 11.5 Å². The van der Waals surface area contributed by atoms with E-state index in [0.717, 1.165) is 37.9 Å². The summed E-state index contributed by atoms with van der Waals surface area (Å²) < 4.78 is 34.6. The summed E-state index contributed by atoms with van der Waals surface area (Å²) in [4.78, 5) is 24.6. The molecular formula is C23H24F2N4O2. The van der Waals surface area contributed by atoms with Crippen molar-refractivity contribution in [3.05, 3.63) is 70.4 Å². The van der Waals surface area contributed by atoms with Crippen molar-refractivity contribution in [3.8, 4) is 16.9 Å². The Balaban J connectivity index is 1.35. The lowest BCUT2D eigenvalue weighted by Gasteiger charge is -2.31. The van der Waals surface area contributed by atoms with Crippen LogP contribution in [0.15, 0.2) is 47.7 Å². The van der Waals surface area contributed by atoms with E-state index in [4.69, 9.17) is 4.74 Å². The molecule has 4 rings (SSSR count). The molecular weight excluding hydrogens is 402 g/mol. The number of ether oxygens (including phenoxy) is 1. The topological polar surface area (TPSA) is 71.1 Å². The second-order valence-electron chi connectivity index (χ2n) is 7.70. The lowest BCUT2D eigenvalue weighted by molar-refractivity contribution is 0.207. The molecule has 0 saturated carbocycles. The minimum Gasteiger partial charge on any atom is -0.487 e. The molecule has 1 N–H and O–H groups in total. The van der Waals surface area contributed by atoms with Gasteiger partial charge in [0.15, 0.2) is 17.4 Å². The number of piperidine rings is 1.